The largest absolute Gasteiger partial charge is 0.398 e. The minimum Gasteiger partial charge on any atom is -0.398 e. The van der Waals surface area contributed by atoms with E-state index in [1.54, 1.807) is 4.90 Å². The van der Waals surface area contributed by atoms with Crippen LogP contribution in [0.25, 0.3) is 10.8 Å². The molecule has 1 amide bonds. The van der Waals surface area contributed by atoms with Crippen LogP contribution in [-0.4, -0.2) is 29.0 Å². The van der Waals surface area contributed by atoms with Crippen LogP contribution in [0.4, 0.5) is 5.69 Å². The van der Waals surface area contributed by atoms with Gasteiger partial charge in [0.15, 0.2) is 0 Å². The third-order valence-corrected chi connectivity index (χ3v) is 4.67. The molecule has 3 aromatic carbocycles. The Labute approximate surface area is 153 Å². The van der Waals surface area contributed by atoms with Crippen LogP contribution >= 0.6 is 0 Å². The van der Waals surface area contributed by atoms with Crippen molar-refractivity contribution in [3.05, 3.63) is 77.4 Å². The molecule has 0 spiro atoms. The number of carbonyl (C=O) groups is 1. The van der Waals surface area contributed by atoms with Crippen molar-refractivity contribution in [2.75, 3.05) is 18.8 Å². The number of benzene rings is 3. The molecule has 1 unspecified atom stereocenters. The number of carbonyl (C=O) groups excluding carboxylic acids is 1. The third-order valence-electron chi connectivity index (χ3n) is 4.67. The summed E-state index contributed by atoms with van der Waals surface area (Å²) in [6.07, 6.45) is -0.735. The molecule has 0 fully saturated rings. The molecule has 0 heterocycles. The van der Waals surface area contributed by atoms with Crippen molar-refractivity contribution in [1.29, 1.82) is 0 Å². The van der Waals surface area contributed by atoms with Crippen LogP contribution in [0.1, 0.15) is 34.5 Å². The number of hydrogen-bond donors (Lipinski definition) is 2. The van der Waals surface area contributed by atoms with Gasteiger partial charge in [0.1, 0.15) is 0 Å². The predicted octanol–water partition coefficient (Wildman–Crippen LogP) is 3.93. The number of nitrogens with zero attached hydrogens (tertiary/aromatic N) is 1. The fourth-order valence-electron chi connectivity index (χ4n) is 3.07. The van der Waals surface area contributed by atoms with Crippen LogP contribution < -0.4 is 5.73 Å². The van der Waals surface area contributed by atoms with Gasteiger partial charge in [0.25, 0.3) is 5.91 Å². The number of fused-ring (bicyclic) bond motifs is 1. The lowest BCUT2D eigenvalue weighted by atomic mass is 10.0. The molecular formula is C22H24N2O2. The van der Waals surface area contributed by atoms with Gasteiger partial charge in [-0.1, -0.05) is 54.1 Å². The van der Waals surface area contributed by atoms with E-state index in [4.69, 9.17) is 5.73 Å². The molecular weight excluding hydrogens is 324 g/mol. The van der Waals surface area contributed by atoms with E-state index in [9.17, 15) is 9.90 Å². The van der Waals surface area contributed by atoms with Gasteiger partial charge in [-0.25, -0.2) is 0 Å². The standard InChI is InChI=1S/C22H24N2O2/c1-3-24(14-21(25)16-10-8-15(2)9-11-16)22(26)19-12-17-6-4-5-7-18(17)13-20(19)23/h4-13,21,25H,3,14,23H2,1-2H3. The Bertz CT molecular complexity index is 919. The fraction of sp³-hybridized carbons (Fsp3) is 0.227. The molecule has 0 aliphatic rings. The van der Waals surface area contributed by atoms with Crippen LogP contribution in [0.15, 0.2) is 60.7 Å². The molecule has 1 atom stereocenters. The zero-order valence-electron chi connectivity index (χ0n) is 15.1. The quantitative estimate of drug-likeness (QED) is 0.687. The molecule has 4 nitrogen and oxygen atoms in total. The number of nitrogens with two attached hydrogens (primary N) is 1. The third kappa shape index (κ3) is 3.70. The predicted molar refractivity (Wildman–Crippen MR) is 106 cm³/mol. The molecule has 0 bridgehead atoms. The molecule has 4 heteroatoms. The van der Waals surface area contributed by atoms with Crippen molar-refractivity contribution in [3.63, 3.8) is 0 Å². The highest BCUT2D eigenvalue weighted by atomic mass is 16.3. The smallest absolute Gasteiger partial charge is 0.256 e. The zero-order chi connectivity index (χ0) is 18.7. The molecule has 0 aromatic heterocycles. The number of hydrogen-bond acceptors (Lipinski definition) is 3. The van der Waals surface area contributed by atoms with Crippen LogP contribution in [0, 0.1) is 6.92 Å². The highest BCUT2D eigenvalue weighted by Crippen LogP contribution is 2.24. The van der Waals surface area contributed by atoms with E-state index in [0.717, 1.165) is 21.9 Å². The van der Waals surface area contributed by atoms with Gasteiger partial charge in [-0.05, 0) is 42.3 Å². The van der Waals surface area contributed by atoms with Crippen molar-refractivity contribution in [1.82, 2.24) is 4.90 Å². The van der Waals surface area contributed by atoms with Gasteiger partial charge in [-0.3, -0.25) is 4.79 Å². The summed E-state index contributed by atoms with van der Waals surface area (Å²) in [7, 11) is 0. The molecule has 0 aliphatic heterocycles. The number of aryl methyl sites for hydroxylation is 1. The minimum atomic E-state index is -0.735. The summed E-state index contributed by atoms with van der Waals surface area (Å²) >= 11 is 0. The Hall–Kier alpha value is -2.85. The second-order valence-corrected chi connectivity index (χ2v) is 6.56. The Morgan fingerprint density at radius 1 is 1.08 bits per heavy atom. The van der Waals surface area contributed by atoms with Gasteiger partial charge in [0.05, 0.1) is 18.2 Å². The molecule has 3 rings (SSSR count). The van der Waals surface area contributed by atoms with Crippen LogP contribution in [-0.2, 0) is 0 Å². The lowest BCUT2D eigenvalue weighted by molar-refractivity contribution is 0.0636. The summed E-state index contributed by atoms with van der Waals surface area (Å²) in [4.78, 5) is 14.6. The number of aliphatic hydroxyl groups excluding tert-OH is 1. The first-order valence-corrected chi connectivity index (χ1v) is 8.81. The van der Waals surface area contributed by atoms with Crippen molar-refractivity contribution in [3.8, 4) is 0 Å². The van der Waals surface area contributed by atoms with E-state index in [-0.39, 0.29) is 12.5 Å². The van der Waals surface area contributed by atoms with Gasteiger partial charge in [-0.2, -0.15) is 0 Å². The van der Waals surface area contributed by atoms with Crippen molar-refractivity contribution < 1.29 is 9.90 Å². The average Bonchev–Trinajstić information content (AvgIpc) is 2.65. The Morgan fingerprint density at radius 3 is 2.31 bits per heavy atom. The molecule has 26 heavy (non-hydrogen) atoms. The first-order chi connectivity index (χ1) is 12.5. The first kappa shape index (κ1) is 18.0. The van der Waals surface area contributed by atoms with Crippen LogP contribution in [0.2, 0.25) is 0 Å². The van der Waals surface area contributed by atoms with Crippen LogP contribution in [0.3, 0.4) is 0 Å². The number of aliphatic hydroxyl groups is 1. The van der Waals surface area contributed by atoms with Gasteiger partial charge >= 0.3 is 0 Å². The first-order valence-electron chi connectivity index (χ1n) is 8.81. The maximum absolute atomic E-state index is 13.0. The maximum Gasteiger partial charge on any atom is 0.256 e. The summed E-state index contributed by atoms with van der Waals surface area (Å²) in [5, 5.41) is 12.5. The molecule has 0 saturated heterocycles. The Balaban J connectivity index is 1.84. The normalized spacial score (nSPS) is 12.1. The molecule has 0 saturated carbocycles. The highest BCUT2D eigenvalue weighted by Gasteiger charge is 2.21. The van der Waals surface area contributed by atoms with Crippen molar-refractivity contribution in [2.24, 2.45) is 0 Å². The molecule has 0 radical (unpaired) electrons. The summed E-state index contributed by atoms with van der Waals surface area (Å²) in [5.41, 5.74) is 8.99. The SMILES string of the molecule is CCN(CC(O)c1ccc(C)cc1)C(=O)c1cc2ccccc2cc1N. The zero-order valence-corrected chi connectivity index (χ0v) is 15.1. The van der Waals surface area contributed by atoms with E-state index >= 15 is 0 Å². The lowest BCUT2D eigenvalue weighted by Crippen LogP contribution is -2.35. The van der Waals surface area contributed by atoms with Gasteiger partial charge < -0.3 is 15.7 Å². The topological polar surface area (TPSA) is 66.6 Å². The Kier molecular flexibility index (Phi) is 5.24. The summed E-state index contributed by atoms with van der Waals surface area (Å²) in [5.74, 6) is -0.165. The van der Waals surface area contributed by atoms with E-state index in [2.05, 4.69) is 0 Å². The fourth-order valence-corrected chi connectivity index (χ4v) is 3.07. The van der Waals surface area contributed by atoms with E-state index in [1.807, 2.05) is 74.5 Å². The van der Waals surface area contributed by atoms with Crippen molar-refractivity contribution in [2.45, 2.75) is 20.0 Å². The van der Waals surface area contributed by atoms with Gasteiger partial charge in [0.2, 0.25) is 0 Å². The molecule has 134 valence electrons. The summed E-state index contributed by atoms with van der Waals surface area (Å²) < 4.78 is 0. The Morgan fingerprint density at radius 2 is 1.69 bits per heavy atom. The average molecular weight is 348 g/mol. The second-order valence-electron chi connectivity index (χ2n) is 6.56. The highest BCUT2D eigenvalue weighted by molar-refractivity contribution is 6.03. The lowest BCUT2D eigenvalue weighted by Gasteiger charge is -2.25. The molecule has 0 aliphatic carbocycles. The number of nitrogen functional groups attached to an aromatic ring is 1. The number of anilines is 1. The van der Waals surface area contributed by atoms with E-state index in [0.29, 0.717) is 17.8 Å². The maximum atomic E-state index is 13.0. The van der Waals surface area contributed by atoms with Crippen molar-refractivity contribution >= 4 is 22.4 Å². The van der Waals surface area contributed by atoms with Gasteiger partial charge in [0, 0.05) is 12.2 Å². The minimum absolute atomic E-state index is 0.165. The number of likely N-dealkylation sites (N-methyl/N-ethyl adjacent to an activating group) is 1. The van der Waals surface area contributed by atoms with E-state index in [1.165, 1.54) is 0 Å². The number of amides is 1. The summed E-state index contributed by atoms with van der Waals surface area (Å²) in [6.45, 7) is 4.62. The summed E-state index contributed by atoms with van der Waals surface area (Å²) in [6, 6.07) is 19.2. The van der Waals surface area contributed by atoms with Gasteiger partial charge in [-0.15, -0.1) is 0 Å². The molecule has 3 aromatic rings. The van der Waals surface area contributed by atoms with E-state index < -0.39 is 6.10 Å². The van der Waals surface area contributed by atoms with Crippen LogP contribution in [0.5, 0.6) is 0 Å². The number of rotatable bonds is 5. The second kappa shape index (κ2) is 7.58. The molecule has 3 N–H and O–H groups in total. The monoisotopic (exact) mass is 348 g/mol.